The first-order valence-electron chi connectivity index (χ1n) is 8.49. The van der Waals surface area contributed by atoms with Crippen LogP contribution in [0, 0.1) is 5.92 Å². The van der Waals surface area contributed by atoms with Crippen molar-refractivity contribution in [3.8, 4) is 5.75 Å². The lowest BCUT2D eigenvalue weighted by atomic mass is 9.90. The fraction of sp³-hybridized carbons (Fsp3) is 0.647. The number of urea groups is 1. The highest BCUT2D eigenvalue weighted by atomic mass is 16.5. The third-order valence-corrected chi connectivity index (χ3v) is 4.23. The molecule has 1 aliphatic rings. The van der Waals surface area contributed by atoms with E-state index in [1.807, 2.05) is 13.0 Å². The van der Waals surface area contributed by atoms with Crippen LogP contribution in [-0.4, -0.2) is 47.3 Å². The molecule has 1 aromatic heterocycles. The summed E-state index contributed by atoms with van der Waals surface area (Å²) in [6, 6.07) is 3.35. The van der Waals surface area contributed by atoms with Crippen LogP contribution in [0.1, 0.15) is 39.0 Å². The quantitative estimate of drug-likeness (QED) is 0.810. The van der Waals surface area contributed by atoms with E-state index in [4.69, 9.17) is 9.84 Å². The summed E-state index contributed by atoms with van der Waals surface area (Å²) in [6.07, 6.45) is 7.92. The second-order valence-electron chi connectivity index (χ2n) is 5.90. The van der Waals surface area contributed by atoms with E-state index in [1.54, 1.807) is 12.3 Å². The lowest BCUT2D eigenvalue weighted by molar-refractivity contribution is 0.191. The molecular weight excluding hydrogens is 294 g/mol. The number of hydrogen-bond donors (Lipinski definition) is 2. The lowest BCUT2D eigenvalue weighted by Gasteiger charge is -2.23. The van der Waals surface area contributed by atoms with Gasteiger partial charge in [-0.3, -0.25) is 5.32 Å². The average Bonchev–Trinajstić information content (AvgIpc) is 2.59. The Hall–Kier alpha value is -1.82. The maximum absolute atomic E-state index is 12.2. The number of likely N-dealkylation sites (N-methyl/N-ethyl adjacent to an activating group) is 1. The molecule has 2 N–H and O–H groups in total. The largest absolute Gasteiger partial charge is 0.489 e. The molecule has 6 nitrogen and oxygen atoms in total. The van der Waals surface area contributed by atoms with E-state index in [0.717, 1.165) is 0 Å². The Kier molecular flexibility index (Phi) is 7.13. The van der Waals surface area contributed by atoms with E-state index in [1.165, 1.54) is 37.0 Å². The Morgan fingerprint density at radius 2 is 2.22 bits per heavy atom. The first-order valence-corrected chi connectivity index (χ1v) is 8.49. The molecule has 0 bridgehead atoms. The number of pyridine rings is 1. The van der Waals surface area contributed by atoms with Crippen LogP contribution in [0.3, 0.4) is 0 Å². The molecule has 23 heavy (non-hydrogen) atoms. The van der Waals surface area contributed by atoms with Crippen molar-refractivity contribution < 1.29 is 14.6 Å². The Morgan fingerprint density at radius 3 is 2.91 bits per heavy atom. The predicted molar refractivity (Wildman–Crippen MR) is 89.7 cm³/mol. The summed E-state index contributed by atoms with van der Waals surface area (Å²) in [5, 5.41) is 11.8. The van der Waals surface area contributed by atoms with Gasteiger partial charge in [0.25, 0.3) is 0 Å². The first kappa shape index (κ1) is 17.5. The highest BCUT2D eigenvalue weighted by Crippen LogP contribution is 2.27. The monoisotopic (exact) mass is 321 g/mol. The van der Waals surface area contributed by atoms with Crippen molar-refractivity contribution in [3.63, 3.8) is 0 Å². The van der Waals surface area contributed by atoms with E-state index in [-0.39, 0.29) is 12.6 Å². The van der Waals surface area contributed by atoms with E-state index in [0.29, 0.717) is 37.2 Å². The molecule has 128 valence electrons. The molecule has 0 aromatic carbocycles. The standard InChI is InChI=1S/C17H27N3O3/c1-2-20(11-12-21)17(22)19-16-15(9-6-10-18-16)23-13-14-7-4-3-5-8-14/h6,9-10,14,21H,2-5,7-8,11-13H2,1H3,(H,18,19,22). The van der Waals surface area contributed by atoms with E-state index in [2.05, 4.69) is 10.3 Å². The van der Waals surface area contributed by atoms with Crippen molar-refractivity contribution in [3.05, 3.63) is 18.3 Å². The number of nitrogens with zero attached hydrogens (tertiary/aromatic N) is 2. The van der Waals surface area contributed by atoms with Gasteiger partial charge in [-0.1, -0.05) is 19.3 Å². The van der Waals surface area contributed by atoms with Gasteiger partial charge in [-0.05, 0) is 37.8 Å². The van der Waals surface area contributed by atoms with E-state index in [9.17, 15) is 4.79 Å². The summed E-state index contributed by atoms with van der Waals surface area (Å²) in [6.45, 7) is 3.30. The summed E-state index contributed by atoms with van der Waals surface area (Å²) in [4.78, 5) is 17.9. The van der Waals surface area contributed by atoms with Crippen molar-refractivity contribution in [2.24, 2.45) is 5.92 Å². The fourth-order valence-electron chi connectivity index (χ4n) is 2.87. The number of carbonyl (C=O) groups is 1. The number of anilines is 1. The number of ether oxygens (including phenoxy) is 1. The maximum atomic E-state index is 12.2. The van der Waals surface area contributed by atoms with Crippen molar-refractivity contribution in [1.82, 2.24) is 9.88 Å². The number of amides is 2. The molecule has 0 spiro atoms. The van der Waals surface area contributed by atoms with Crippen LogP contribution in [0.15, 0.2) is 18.3 Å². The van der Waals surface area contributed by atoms with Gasteiger partial charge in [0.1, 0.15) is 0 Å². The first-order chi connectivity index (χ1) is 11.2. The van der Waals surface area contributed by atoms with Gasteiger partial charge in [0.15, 0.2) is 11.6 Å². The van der Waals surface area contributed by atoms with Crippen molar-refractivity contribution in [2.75, 3.05) is 31.6 Å². The minimum atomic E-state index is -0.275. The third-order valence-electron chi connectivity index (χ3n) is 4.23. The van der Waals surface area contributed by atoms with Crippen LogP contribution in [0.4, 0.5) is 10.6 Å². The van der Waals surface area contributed by atoms with Gasteiger partial charge in [0, 0.05) is 19.3 Å². The van der Waals surface area contributed by atoms with Gasteiger partial charge in [-0.25, -0.2) is 9.78 Å². The number of hydrogen-bond acceptors (Lipinski definition) is 4. The Labute approximate surface area is 137 Å². The van der Waals surface area contributed by atoms with Crippen LogP contribution >= 0.6 is 0 Å². The van der Waals surface area contributed by atoms with Crippen LogP contribution < -0.4 is 10.1 Å². The molecule has 0 atom stereocenters. The van der Waals surface area contributed by atoms with Crippen molar-refractivity contribution in [1.29, 1.82) is 0 Å². The second-order valence-corrected chi connectivity index (χ2v) is 5.90. The van der Waals surface area contributed by atoms with E-state index < -0.39 is 0 Å². The maximum Gasteiger partial charge on any atom is 0.323 e. The molecule has 2 rings (SSSR count). The number of nitrogens with one attached hydrogen (secondary N) is 1. The molecule has 0 aliphatic heterocycles. The summed E-state index contributed by atoms with van der Waals surface area (Å²) < 4.78 is 5.91. The average molecular weight is 321 g/mol. The molecule has 1 aromatic rings. The summed E-state index contributed by atoms with van der Waals surface area (Å²) >= 11 is 0. The van der Waals surface area contributed by atoms with Gasteiger partial charge >= 0.3 is 6.03 Å². The summed E-state index contributed by atoms with van der Waals surface area (Å²) in [5.41, 5.74) is 0. The number of aliphatic hydroxyl groups excluding tert-OH is 1. The minimum absolute atomic E-state index is 0.0610. The highest BCUT2D eigenvalue weighted by molar-refractivity contribution is 5.89. The zero-order chi connectivity index (χ0) is 16.5. The molecule has 1 fully saturated rings. The molecular formula is C17H27N3O3. The molecule has 6 heteroatoms. The number of aliphatic hydroxyl groups is 1. The molecule has 0 radical (unpaired) electrons. The minimum Gasteiger partial charge on any atom is -0.489 e. The van der Waals surface area contributed by atoms with Crippen LogP contribution in [0.2, 0.25) is 0 Å². The number of aromatic nitrogens is 1. The molecule has 2 amide bonds. The van der Waals surface area contributed by atoms with Crippen LogP contribution in [-0.2, 0) is 0 Å². The SMILES string of the molecule is CCN(CCO)C(=O)Nc1ncccc1OCC1CCCCC1. The van der Waals surface area contributed by atoms with Crippen molar-refractivity contribution >= 4 is 11.8 Å². The second kappa shape index (κ2) is 9.35. The smallest absolute Gasteiger partial charge is 0.323 e. The Morgan fingerprint density at radius 1 is 1.43 bits per heavy atom. The zero-order valence-corrected chi connectivity index (χ0v) is 13.8. The van der Waals surface area contributed by atoms with Gasteiger partial charge in [-0.15, -0.1) is 0 Å². The molecule has 0 saturated heterocycles. The Bertz CT molecular complexity index is 490. The molecule has 1 saturated carbocycles. The third kappa shape index (κ3) is 5.39. The summed E-state index contributed by atoms with van der Waals surface area (Å²) in [5.74, 6) is 1.63. The number of carbonyl (C=O) groups excluding carboxylic acids is 1. The topological polar surface area (TPSA) is 74.7 Å². The normalized spacial score (nSPS) is 15.2. The summed E-state index contributed by atoms with van der Waals surface area (Å²) in [7, 11) is 0. The highest BCUT2D eigenvalue weighted by Gasteiger charge is 2.17. The molecule has 0 unspecified atom stereocenters. The van der Waals surface area contributed by atoms with Crippen LogP contribution in [0.5, 0.6) is 5.75 Å². The van der Waals surface area contributed by atoms with E-state index >= 15 is 0 Å². The molecule has 1 heterocycles. The molecule has 1 aliphatic carbocycles. The zero-order valence-electron chi connectivity index (χ0n) is 13.8. The van der Waals surface area contributed by atoms with Gasteiger partial charge in [0.2, 0.25) is 0 Å². The van der Waals surface area contributed by atoms with Gasteiger partial charge in [-0.2, -0.15) is 0 Å². The lowest BCUT2D eigenvalue weighted by Crippen LogP contribution is -2.37. The van der Waals surface area contributed by atoms with Gasteiger partial charge in [0.05, 0.1) is 13.2 Å². The van der Waals surface area contributed by atoms with Gasteiger partial charge < -0.3 is 14.7 Å². The fourth-order valence-corrected chi connectivity index (χ4v) is 2.87. The Balaban J connectivity index is 1.94. The number of rotatable bonds is 7. The predicted octanol–water partition coefficient (Wildman–Crippen LogP) is 2.89. The van der Waals surface area contributed by atoms with Crippen LogP contribution in [0.25, 0.3) is 0 Å². The van der Waals surface area contributed by atoms with Crippen molar-refractivity contribution in [2.45, 2.75) is 39.0 Å².